The van der Waals surface area contributed by atoms with Crippen LogP contribution in [0, 0.1) is 6.92 Å². The molecule has 0 unspecified atom stereocenters. The van der Waals surface area contributed by atoms with E-state index >= 15 is 0 Å². The van der Waals surface area contributed by atoms with Crippen LogP contribution in [0.4, 0.5) is 17.1 Å². The van der Waals surface area contributed by atoms with Crippen LogP contribution in [0.5, 0.6) is 0 Å². The zero-order chi connectivity index (χ0) is 16.8. The van der Waals surface area contributed by atoms with Crippen molar-refractivity contribution in [3.05, 3.63) is 54.1 Å². The first kappa shape index (κ1) is 16.5. The van der Waals surface area contributed by atoms with E-state index in [0.717, 1.165) is 16.9 Å². The summed E-state index contributed by atoms with van der Waals surface area (Å²) in [4.78, 5) is 25.8. The van der Waals surface area contributed by atoms with Crippen LogP contribution < -0.4 is 15.5 Å². The van der Waals surface area contributed by atoms with E-state index < -0.39 is 0 Å². The Labute approximate surface area is 136 Å². The van der Waals surface area contributed by atoms with Crippen molar-refractivity contribution < 1.29 is 9.59 Å². The number of carbonyl (C=O) groups is 2. The molecule has 0 heterocycles. The molecule has 2 N–H and O–H groups in total. The lowest BCUT2D eigenvalue weighted by atomic mass is 10.2. The molecular formula is C18H21N3O2. The van der Waals surface area contributed by atoms with Gasteiger partial charge in [-0.25, -0.2) is 0 Å². The molecule has 0 saturated heterocycles. The van der Waals surface area contributed by atoms with Gasteiger partial charge in [-0.3, -0.25) is 9.59 Å². The van der Waals surface area contributed by atoms with Crippen LogP contribution in [0.3, 0.4) is 0 Å². The Bertz CT molecular complexity index is 694. The SMILES string of the molecule is Cc1ccccc1NC(=O)CC(=O)Nc1ccc(N(C)C)cc1. The number of aryl methyl sites for hydroxylation is 1. The Morgan fingerprint density at radius 2 is 1.52 bits per heavy atom. The summed E-state index contributed by atoms with van der Waals surface area (Å²) in [6.45, 7) is 1.90. The molecule has 2 rings (SSSR count). The molecule has 0 radical (unpaired) electrons. The molecule has 0 aliphatic rings. The average Bonchev–Trinajstić information content (AvgIpc) is 2.50. The minimum atomic E-state index is -0.339. The topological polar surface area (TPSA) is 61.4 Å². The first-order chi connectivity index (χ1) is 11.0. The van der Waals surface area contributed by atoms with Gasteiger partial charge in [0.2, 0.25) is 11.8 Å². The molecule has 0 saturated carbocycles. The molecule has 5 heteroatoms. The highest BCUT2D eigenvalue weighted by atomic mass is 16.2. The fraction of sp³-hybridized carbons (Fsp3) is 0.222. The Kier molecular flexibility index (Phi) is 5.36. The van der Waals surface area contributed by atoms with Gasteiger partial charge in [-0.15, -0.1) is 0 Å². The second-order valence-electron chi connectivity index (χ2n) is 5.53. The zero-order valence-corrected chi connectivity index (χ0v) is 13.6. The molecule has 120 valence electrons. The predicted octanol–water partition coefficient (Wildman–Crippen LogP) is 3.03. The van der Waals surface area contributed by atoms with E-state index in [2.05, 4.69) is 10.6 Å². The lowest BCUT2D eigenvalue weighted by Gasteiger charge is -2.13. The molecule has 0 bridgehead atoms. The van der Waals surface area contributed by atoms with Crippen molar-refractivity contribution in [3.63, 3.8) is 0 Å². The maximum Gasteiger partial charge on any atom is 0.233 e. The number of rotatable bonds is 5. The number of carbonyl (C=O) groups excluding carboxylic acids is 2. The third kappa shape index (κ3) is 4.85. The molecule has 0 atom stereocenters. The van der Waals surface area contributed by atoms with Crippen LogP contribution >= 0.6 is 0 Å². The maximum atomic E-state index is 11.9. The minimum absolute atomic E-state index is 0.218. The molecule has 0 spiro atoms. The Morgan fingerprint density at radius 1 is 0.913 bits per heavy atom. The van der Waals surface area contributed by atoms with Crippen LogP contribution in [0.15, 0.2) is 48.5 Å². The standard InChI is InChI=1S/C18H21N3O2/c1-13-6-4-5-7-16(13)20-18(23)12-17(22)19-14-8-10-15(11-9-14)21(2)3/h4-11H,12H2,1-3H3,(H,19,22)(H,20,23). The van der Waals surface area contributed by atoms with E-state index in [4.69, 9.17) is 0 Å². The highest BCUT2D eigenvalue weighted by Gasteiger charge is 2.11. The number of hydrogen-bond acceptors (Lipinski definition) is 3. The summed E-state index contributed by atoms with van der Waals surface area (Å²) in [7, 11) is 3.90. The van der Waals surface area contributed by atoms with Gasteiger partial charge < -0.3 is 15.5 Å². The molecule has 0 aliphatic carbocycles. The molecule has 0 fully saturated rings. The molecular weight excluding hydrogens is 290 g/mol. The van der Waals surface area contributed by atoms with Gasteiger partial charge in [0, 0.05) is 31.2 Å². The van der Waals surface area contributed by atoms with Crippen molar-refractivity contribution in [2.24, 2.45) is 0 Å². The van der Waals surface area contributed by atoms with E-state index in [9.17, 15) is 9.59 Å². The first-order valence-electron chi connectivity index (χ1n) is 7.38. The Morgan fingerprint density at radius 3 is 2.13 bits per heavy atom. The zero-order valence-electron chi connectivity index (χ0n) is 13.6. The average molecular weight is 311 g/mol. The van der Waals surface area contributed by atoms with E-state index in [1.807, 2.05) is 74.4 Å². The number of anilines is 3. The van der Waals surface area contributed by atoms with Gasteiger partial charge in [0.15, 0.2) is 0 Å². The van der Waals surface area contributed by atoms with Crippen molar-refractivity contribution in [2.75, 3.05) is 29.6 Å². The van der Waals surface area contributed by atoms with Gasteiger partial charge in [0.25, 0.3) is 0 Å². The largest absolute Gasteiger partial charge is 0.378 e. The second kappa shape index (κ2) is 7.45. The van der Waals surface area contributed by atoms with Crippen LogP contribution in [-0.2, 0) is 9.59 Å². The monoisotopic (exact) mass is 311 g/mol. The van der Waals surface area contributed by atoms with Gasteiger partial charge in [0.1, 0.15) is 6.42 Å². The predicted molar refractivity (Wildman–Crippen MR) is 93.8 cm³/mol. The smallest absolute Gasteiger partial charge is 0.233 e. The van der Waals surface area contributed by atoms with Crippen molar-refractivity contribution in [2.45, 2.75) is 13.3 Å². The van der Waals surface area contributed by atoms with E-state index in [1.54, 1.807) is 0 Å². The highest BCUT2D eigenvalue weighted by molar-refractivity contribution is 6.08. The van der Waals surface area contributed by atoms with Crippen LogP contribution in [0.25, 0.3) is 0 Å². The maximum absolute atomic E-state index is 11.9. The van der Waals surface area contributed by atoms with Crippen LogP contribution in [-0.4, -0.2) is 25.9 Å². The summed E-state index contributed by atoms with van der Waals surface area (Å²) >= 11 is 0. The fourth-order valence-electron chi connectivity index (χ4n) is 2.10. The van der Waals surface area contributed by atoms with Crippen LogP contribution in [0.2, 0.25) is 0 Å². The Hall–Kier alpha value is -2.82. The molecule has 5 nitrogen and oxygen atoms in total. The normalized spacial score (nSPS) is 10.0. The van der Waals surface area contributed by atoms with Gasteiger partial charge >= 0.3 is 0 Å². The van der Waals surface area contributed by atoms with Gasteiger partial charge in [-0.1, -0.05) is 18.2 Å². The quantitative estimate of drug-likeness (QED) is 0.834. The molecule has 2 aromatic rings. The number of benzene rings is 2. The lowest BCUT2D eigenvalue weighted by Crippen LogP contribution is -2.21. The molecule has 2 aromatic carbocycles. The summed E-state index contributed by atoms with van der Waals surface area (Å²) < 4.78 is 0. The van der Waals surface area contributed by atoms with E-state index in [1.165, 1.54) is 0 Å². The van der Waals surface area contributed by atoms with Gasteiger partial charge in [-0.05, 0) is 42.8 Å². The third-order valence-electron chi connectivity index (χ3n) is 3.41. The number of nitrogens with zero attached hydrogens (tertiary/aromatic N) is 1. The molecule has 0 aliphatic heterocycles. The van der Waals surface area contributed by atoms with E-state index in [0.29, 0.717) is 5.69 Å². The Balaban J connectivity index is 1.89. The van der Waals surface area contributed by atoms with Crippen molar-refractivity contribution in [1.29, 1.82) is 0 Å². The summed E-state index contributed by atoms with van der Waals surface area (Å²) in [5, 5.41) is 5.47. The van der Waals surface area contributed by atoms with E-state index in [-0.39, 0.29) is 18.2 Å². The third-order valence-corrected chi connectivity index (χ3v) is 3.41. The molecule has 2 amide bonds. The first-order valence-corrected chi connectivity index (χ1v) is 7.38. The number of amides is 2. The summed E-state index contributed by atoms with van der Waals surface area (Å²) in [5.41, 5.74) is 3.39. The minimum Gasteiger partial charge on any atom is -0.378 e. The van der Waals surface area contributed by atoms with Crippen molar-refractivity contribution >= 4 is 28.9 Å². The number of para-hydroxylation sites is 1. The summed E-state index contributed by atoms with van der Waals surface area (Å²) in [6, 6.07) is 14.9. The van der Waals surface area contributed by atoms with Gasteiger partial charge in [0.05, 0.1) is 0 Å². The lowest BCUT2D eigenvalue weighted by molar-refractivity contribution is -0.123. The summed E-state index contributed by atoms with van der Waals surface area (Å²) in [5.74, 6) is -0.671. The molecule has 0 aromatic heterocycles. The van der Waals surface area contributed by atoms with Crippen molar-refractivity contribution in [3.8, 4) is 0 Å². The number of hydrogen-bond donors (Lipinski definition) is 2. The number of nitrogens with one attached hydrogen (secondary N) is 2. The summed E-state index contributed by atoms with van der Waals surface area (Å²) in [6.07, 6.45) is -0.218. The highest BCUT2D eigenvalue weighted by Crippen LogP contribution is 2.16. The fourth-order valence-corrected chi connectivity index (χ4v) is 2.10. The van der Waals surface area contributed by atoms with Crippen molar-refractivity contribution in [1.82, 2.24) is 0 Å². The second-order valence-corrected chi connectivity index (χ2v) is 5.53. The van der Waals surface area contributed by atoms with Crippen LogP contribution in [0.1, 0.15) is 12.0 Å². The molecule has 23 heavy (non-hydrogen) atoms. The van der Waals surface area contributed by atoms with Gasteiger partial charge in [-0.2, -0.15) is 0 Å².